The number of nitrogens with one attached hydrogen (secondary N) is 1. The van der Waals surface area contributed by atoms with Gasteiger partial charge in [0.2, 0.25) is 5.91 Å². The number of carbonyl (C=O) groups is 2. The van der Waals surface area contributed by atoms with E-state index in [0.717, 1.165) is 4.90 Å². The first-order valence-electron chi connectivity index (χ1n) is 5.93. The number of carbonyl (C=O) groups excluding carboxylic acids is 1. The number of benzene rings is 1. The summed E-state index contributed by atoms with van der Waals surface area (Å²) in [6, 6.07) is 7.33. The van der Waals surface area contributed by atoms with Crippen molar-refractivity contribution in [3.05, 3.63) is 24.3 Å². The highest BCUT2D eigenvalue weighted by atomic mass is 32.2. The topological polar surface area (TPSA) is 66.4 Å². The smallest absolute Gasteiger partial charge is 0.316 e. The Morgan fingerprint density at radius 3 is 2.42 bits per heavy atom. The quantitative estimate of drug-likeness (QED) is 0.657. The van der Waals surface area contributed by atoms with Crippen molar-refractivity contribution in [2.24, 2.45) is 11.3 Å². The van der Waals surface area contributed by atoms with E-state index in [0.29, 0.717) is 5.69 Å². The molecular formula is C14H19NO3S. The second-order valence-corrected chi connectivity index (χ2v) is 6.24. The van der Waals surface area contributed by atoms with Crippen LogP contribution in [-0.4, -0.2) is 23.2 Å². The van der Waals surface area contributed by atoms with Gasteiger partial charge in [0.25, 0.3) is 0 Å². The lowest BCUT2D eigenvalue weighted by molar-refractivity contribution is -0.149. The normalized spacial score (nSPS) is 12.8. The molecule has 0 aliphatic rings. The third-order valence-electron chi connectivity index (χ3n) is 2.71. The highest BCUT2D eigenvalue weighted by Gasteiger charge is 2.37. The molecule has 0 fully saturated rings. The van der Waals surface area contributed by atoms with Crippen LogP contribution >= 0.6 is 11.8 Å². The predicted molar refractivity (Wildman–Crippen MR) is 77.4 cm³/mol. The van der Waals surface area contributed by atoms with Crippen LogP contribution in [0.2, 0.25) is 0 Å². The van der Waals surface area contributed by atoms with Gasteiger partial charge < -0.3 is 10.4 Å². The zero-order valence-electron chi connectivity index (χ0n) is 11.6. The van der Waals surface area contributed by atoms with Crippen LogP contribution in [-0.2, 0) is 9.59 Å². The van der Waals surface area contributed by atoms with Crippen molar-refractivity contribution in [2.75, 3.05) is 11.6 Å². The van der Waals surface area contributed by atoms with Crippen molar-refractivity contribution < 1.29 is 14.7 Å². The van der Waals surface area contributed by atoms with Crippen LogP contribution in [0.5, 0.6) is 0 Å². The fourth-order valence-corrected chi connectivity index (χ4v) is 2.25. The fraction of sp³-hybridized carbons (Fsp3) is 0.429. The Morgan fingerprint density at radius 1 is 1.32 bits per heavy atom. The Hall–Kier alpha value is -1.49. The monoisotopic (exact) mass is 281 g/mol. The summed E-state index contributed by atoms with van der Waals surface area (Å²) in [5, 5.41) is 11.9. The standard InChI is InChI=1S/C14H19NO3S/c1-14(2,3)11(13(17)18)12(16)15-9-6-5-7-10(8-9)19-4/h5-8,11H,1-4H3,(H,15,16)(H,17,18). The van der Waals surface area contributed by atoms with E-state index in [1.807, 2.05) is 24.5 Å². The molecule has 1 amide bonds. The van der Waals surface area contributed by atoms with Crippen molar-refractivity contribution >= 4 is 29.3 Å². The molecular weight excluding hydrogens is 262 g/mol. The lowest BCUT2D eigenvalue weighted by atomic mass is 9.80. The van der Waals surface area contributed by atoms with E-state index in [9.17, 15) is 14.7 Å². The minimum Gasteiger partial charge on any atom is -0.481 e. The largest absolute Gasteiger partial charge is 0.481 e. The lowest BCUT2D eigenvalue weighted by Gasteiger charge is -2.25. The minimum atomic E-state index is -1.11. The molecule has 0 aliphatic heterocycles. The second-order valence-electron chi connectivity index (χ2n) is 5.36. The number of carboxylic acid groups (broad SMARTS) is 1. The summed E-state index contributed by atoms with van der Waals surface area (Å²) in [7, 11) is 0. The summed E-state index contributed by atoms with van der Waals surface area (Å²) in [4.78, 5) is 24.4. The van der Waals surface area contributed by atoms with Crippen LogP contribution in [0.3, 0.4) is 0 Å². The predicted octanol–water partition coefficient (Wildman–Crippen LogP) is 3.09. The van der Waals surface area contributed by atoms with Gasteiger partial charge in [-0.15, -0.1) is 11.8 Å². The van der Waals surface area contributed by atoms with Gasteiger partial charge in [-0.1, -0.05) is 26.8 Å². The van der Waals surface area contributed by atoms with E-state index in [1.54, 1.807) is 38.6 Å². The number of thioether (sulfide) groups is 1. The number of carboxylic acids is 1. The molecule has 5 heteroatoms. The number of aliphatic carboxylic acids is 1. The number of hydrogen-bond acceptors (Lipinski definition) is 3. The molecule has 104 valence electrons. The molecule has 1 atom stereocenters. The molecule has 4 nitrogen and oxygen atoms in total. The summed E-state index contributed by atoms with van der Waals surface area (Å²) in [5.74, 6) is -2.67. The van der Waals surface area contributed by atoms with Crippen LogP contribution in [0, 0.1) is 11.3 Å². The highest BCUT2D eigenvalue weighted by Crippen LogP contribution is 2.28. The van der Waals surface area contributed by atoms with Crippen LogP contribution in [0.1, 0.15) is 20.8 Å². The number of amides is 1. The average Bonchev–Trinajstić information content (AvgIpc) is 2.26. The Labute approximate surface area is 117 Å². The molecule has 0 radical (unpaired) electrons. The van der Waals surface area contributed by atoms with Gasteiger partial charge in [0.05, 0.1) is 0 Å². The number of anilines is 1. The summed E-state index contributed by atoms with van der Waals surface area (Å²) in [6.07, 6.45) is 1.94. The minimum absolute atomic E-state index is 0.488. The first kappa shape index (κ1) is 15.6. The van der Waals surface area contributed by atoms with Crippen LogP contribution in [0.4, 0.5) is 5.69 Å². The molecule has 2 N–H and O–H groups in total. The maximum atomic E-state index is 12.1. The SMILES string of the molecule is CSc1cccc(NC(=O)C(C(=O)O)C(C)(C)C)c1. The van der Waals surface area contributed by atoms with Crippen LogP contribution in [0.15, 0.2) is 29.2 Å². The van der Waals surface area contributed by atoms with E-state index in [4.69, 9.17) is 0 Å². The first-order chi connectivity index (χ1) is 8.75. The molecule has 1 aromatic carbocycles. The van der Waals surface area contributed by atoms with Gasteiger partial charge >= 0.3 is 5.97 Å². The fourth-order valence-electron chi connectivity index (χ4n) is 1.79. The average molecular weight is 281 g/mol. The second kappa shape index (κ2) is 6.10. The maximum Gasteiger partial charge on any atom is 0.316 e. The first-order valence-corrected chi connectivity index (χ1v) is 7.16. The molecule has 0 aromatic heterocycles. The molecule has 0 saturated heterocycles. The Kier molecular flexibility index (Phi) is 5.00. The lowest BCUT2D eigenvalue weighted by Crippen LogP contribution is -2.39. The highest BCUT2D eigenvalue weighted by molar-refractivity contribution is 7.98. The Bertz CT molecular complexity index is 480. The summed E-state index contributed by atoms with van der Waals surface area (Å²) >= 11 is 1.56. The number of hydrogen-bond donors (Lipinski definition) is 2. The Balaban J connectivity index is 2.91. The molecule has 1 aromatic rings. The van der Waals surface area contributed by atoms with Gasteiger partial charge in [0.15, 0.2) is 0 Å². The van der Waals surface area contributed by atoms with Gasteiger partial charge in [0, 0.05) is 10.6 Å². The molecule has 19 heavy (non-hydrogen) atoms. The van der Waals surface area contributed by atoms with Crippen molar-refractivity contribution in [1.82, 2.24) is 0 Å². The van der Waals surface area contributed by atoms with Crippen molar-refractivity contribution in [2.45, 2.75) is 25.7 Å². The van der Waals surface area contributed by atoms with Crippen molar-refractivity contribution in [1.29, 1.82) is 0 Å². The van der Waals surface area contributed by atoms with Gasteiger partial charge in [-0.25, -0.2) is 0 Å². The van der Waals surface area contributed by atoms with E-state index in [-0.39, 0.29) is 0 Å². The van der Waals surface area contributed by atoms with Gasteiger partial charge in [-0.2, -0.15) is 0 Å². The maximum absolute atomic E-state index is 12.1. The summed E-state index contributed by atoms with van der Waals surface area (Å²) in [6.45, 7) is 5.22. The van der Waals surface area contributed by atoms with Crippen LogP contribution in [0.25, 0.3) is 0 Å². The summed E-state index contributed by atoms with van der Waals surface area (Å²) < 4.78 is 0. The molecule has 0 heterocycles. The van der Waals surface area contributed by atoms with E-state index in [1.165, 1.54) is 0 Å². The molecule has 0 bridgehead atoms. The molecule has 0 spiro atoms. The molecule has 0 aliphatic carbocycles. The van der Waals surface area contributed by atoms with E-state index >= 15 is 0 Å². The van der Waals surface area contributed by atoms with Crippen molar-refractivity contribution in [3.8, 4) is 0 Å². The zero-order valence-corrected chi connectivity index (χ0v) is 12.4. The third kappa shape index (κ3) is 4.28. The zero-order chi connectivity index (χ0) is 14.6. The number of rotatable bonds is 4. The van der Waals surface area contributed by atoms with Gasteiger partial charge in [-0.05, 0) is 29.9 Å². The van der Waals surface area contributed by atoms with E-state index < -0.39 is 23.2 Å². The molecule has 0 saturated carbocycles. The van der Waals surface area contributed by atoms with Crippen LogP contribution < -0.4 is 5.32 Å². The molecule has 1 rings (SSSR count). The molecule has 1 unspecified atom stereocenters. The third-order valence-corrected chi connectivity index (χ3v) is 3.44. The van der Waals surface area contributed by atoms with Gasteiger partial charge in [-0.3, -0.25) is 9.59 Å². The van der Waals surface area contributed by atoms with Crippen molar-refractivity contribution in [3.63, 3.8) is 0 Å². The van der Waals surface area contributed by atoms with Gasteiger partial charge in [0.1, 0.15) is 5.92 Å². The summed E-state index contributed by atoms with van der Waals surface area (Å²) in [5.41, 5.74) is -0.0140. The Morgan fingerprint density at radius 2 is 1.95 bits per heavy atom. The van der Waals surface area contributed by atoms with E-state index in [2.05, 4.69) is 5.32 Å².